The molecule has 1 aromatic rings. The number of hydrogen-bond donors (Lipinski definition) is 0. The van der Waals surface area contributed by atoms with E-state index in [2.05, 4.69) is 4.74 Å². The van der Waals surface area contributed by atoms with Crippen LogP contribution in [-0.4, -0.2) is 23.4 Å². The van der Waals surface area contributed by atoms with Crippen molar-refractivity contribution in [2.24, 2.45) is 0 Å². The van der Waals surface area contributed by atoms with E-state index in [1.54, 1.807) is 0 Å². The number of ether oxygens (including phenoxy) is 1. The van der Waals surface area contributed by atoms with Crippen molar-refractivity contribution in [1.29, 1.82) is 0 Å². The molecule has 4 heteroatoms. The fraction of sp³-hybridized carbons (Fsp3) is 0.500. The number of fused-ring (bicyclic) bond motifs is 1. The van der Waals surface area contributed by atoms with Crippen molar-refractivity contribution in [3.05, 3.63) is 23.5 Å². The number of nitrogens with zero attached hydrogens (tertiary/aromatic N) is 1. The quantitative estimate of drug-likeness (QED) is 0.728. The van der Waals surface area contributed by atoms with Crippen molar-refractivity contribution in [3.63, 3.8) is 0 Å². The first-order chi connectivity index (χ1) is 7.70. The summed E-state index contributed by atoms with van der Waals surface area (Å²) in [5.74, 6) is -0.00364. The molecular weight excluding hydrogens is 206 g/mol. The standard InChI is InChI=1S/C12H15NO3/c1-16-12(15)5-6-13-7-9-3-2-4-11(14)10(9)8-13/h7-8H,2-6H2,1H3. The van der Waals surface area contributed by atoms with Crippen LogP contribution >= 0.6 is 0 Å². The van der Waals surface area contributed by atoms with E-state index >= 15 is 0 Å². The lowest BCUT2D eigenvalue weighted by Gasteiger charge is -2.07. The molecule has 0 saturated carbocycles. The molecule has 2 rings (SSSR count). The van der Waals surface area contributed by atoms with E-state index in [1.807, 2.05) is 17.0 Å². The number of aromatic nitrogens is 1. The Bertz CT molecular complexity index is 420. The molecule has 0 atom stereocenters. The molecule has 0 aromatic carbocycles. The van der Waals surface area contributed by atoms with E-state index < -0.39 is 0 Å². The van der Waals surface area contributed by atoms with E-state index in [0.29, 0.717) is 19.4 Å². The predicted molar refractivity (Wildman–Crippen MR) is 58.3 cm³/mol. The van der Waals surface area contributed by atoms with Gasteiger partial charge in [-0.1, -0.05) is 0 Å². The molecule has 16 heavy (non-hydrogen) atoms. The van der Waals surface area contributed by atoms with E-state index in [-0.39, 0.29) is 11.8 Å². The molecule has 0 N–H and O–H groups in total. The Morgan fingerprint density at radius 1 is 1.44 bits per heavy atom. The minimum Gasteiger partial charge on any atom is -0.469 e. The molecule has 4 nitrogen and oxygen atoms in total. The van der Waals surface area contributed by atoms with Crippen molar-refractivity contribution in [3.8, 4) is 0 Å². The molecule has 1 aromatic heterocycles. The van der Waals surface area contributed by atoms with Crippen LogP contribution in [0.2, 0.25) is 0 Å². The molecule has 0 amide bonds. The van der Waals surface area contributed by atoms with E-state index in [0.717, 1.165) is 24.0 Å². The number of rotatable bonds is 3. The summed E-state index contributed by atoms with van der Waals surface area (Å²) in [5, 5.41) is 0. The molecule has 0 fully saturated rings. The summed E-state index contributed by atoms with van der Waals surface area (Å²) in [7, 11) is 1.38. The third-order valence-corrected chi connectivity index (χ3v) is 2.91. The number of ketones is 1. The molecule has 1 aliphatic carbocycles. The van der Waals surface area contributed by atoms with Gasteiger partial charge in [-0.2, -0.15) is 0 Å². The van der Waals surface area contributed by atoms with Gasteiger partial charge >= 0.3 is 5.97 Å². The van der Waals surface area contributed by atoms with Crippen LogP contribution in [-0.2, 0) is 22.5 Å². The molecule has 0 aliphatic heterocycles. The second-order valence-corrected chi connectivity index (χ2v) is 4.04. The van der Waals surface area contributed by atoms with Gasteiger partial charge in [0, 0.05) is 30.9 Å². The monoisotopic (exact) mass is 221 g/mol. The molecule has 1 aliphatic rings. The van der Waals surface area contributed by atoms with Crippen LogP contribution in [0.25, 0.3) is 0 Å². The first-order valence-corrected chi connectivity index (χ1v) is 5.49. The lowest BCUT2D eigenvalue weighted by molar-refractivity contribution is -0.140. The summed E-state index contributed by atoms with van der Waals surface area (Å²) in [5.41, 5.74) is 1.94. The lowest BCUT2D eigenvalue weighted by atomic mass is 9.95. The van der Waals surface area contributed by atoms with Crippen LogP contribution < -0.4 is 0 Å². The Hall–Kier alpha value is -1.58. The highest BCUT2D eigenvalue weighted by Gasteiger charge is 2.19. The Labute approximate surface area is 94.2 Å². The predicted octanol–water partition coefficient (Wildman–Crippen LogP) is 1.57. The average molecular weight is 221 g/mol. The Kier molecular flexibility index (Phi) is 3.08. The zero-order valence-corrected chi connectivity index (χ0v) is 9.36. The van der Waals surface area contributed by atoms with Gasteiger partial charge in [-0.15, -0.1) is 0 Å². The fourth-order valence-electron chi connectivity index (χ4n) is 2.03. The largest absolute Gasteiger partial charge is 0.469 e. The molecule has 86 valence electrons. The van der Waals surface area contributed by atoms with Crippen LogP contribution in [0, 0.1) is 0 Å². The van der Waals surface area contributed by atoms with Gasteiger partial charge in [-0.05, 0) is 18.4 Å². The van der Waals surface area contributed by atoms with Gasteiger partial charge < -0.3 is 9.30 Å². The summed E-state index contributed by atoms with van der Waals surface area (Å²) in [6.07, 6.45) is 6.71. The second kappa shape index (κ2) is 4.51. The van der Waals surface area contributed by atoms with Gasteiger partial charge in [0.1, 0.15) is 0 Å². The van der Waals surface area contributed by atoms with Gasteiger partial charge in [0.15, 0.2) is 5.78 Å². The van der Waals surface area contributed by atoms with Crippen molar-refractivity contribution >= 4 is 11.8 Å². The summed E-state index contributed by atoms with van der Waals surface area (Å²) in [6.45, 7) is 0.576. The zero-order chi connectivity index (χ0) is 11.5. The Morgan fingerprint density at radius 3 is 2.94 bits per heavy atom. The topological polar surface area (TPSA) is 48.3 Å². The van der Waals surface area contributed by atoms with Crippen molar-refractivity contribution in [2.75, 3.05) is 7.11 Å². The molecule has 0 saturated heterocycles. The number of hydrogen-bond acceptors (Lipinski definition) is 3. The van der Waals surface area contributed by atoms with Crippen molar-refractivity contribution < 1.29 is 14.3 Å². The first kappa shape index (κ1) is 10.9. The minimum absolute atomic E-state index is 0.220. The third kappa shape index (κ3) is 2.15. The fourth-order valence-corrected chi connectivity index (χ4v) is 2.03. The average Bonchev–Trinajstić information content (AvgIpc) is 2.70. The highest BCUT2D eigenvalue weighted by Crippen LogP contribution is 2.22. The number of esters is 1. The molecule has 1 heterocycles. The number of carbonyl (C=O) groups is 2. The van der Waals surface area contributed by atoms with Gasteiger partial charge in [0.25, 0.3) is 0 Å². The minimum atomic E-state index is -0.224. The SMILES string of the molecule is COC(=O)CCn1cc2c(c1)C(=O)CCC2. The van der Waals surface area contributed by atoms with Crippen LogP contribution in [0.1, 0.15) is 35.2 Å². The second-order valence-electron chi connectivity index (χ2n) is 4.04. The zero-order valence-electron chi connectivity index (χ0n) is 9.36. The van der Waals surface area contributed by atoms with Crippen LogP contribution in [0.3, 0.4) is 0 Å². The number of methoxy groups -OCH3 is 1. The summed E-state index contributed by atoms with van der Waals surface area (Å²) >= 11 is 0. The first-order valence-electron chi connectivity index (χ1n) is 5.49. The summed E-state index contributed by atoms with van der Waals surface area (Å²) in [4.78, 5) is 22.6. The van der Waals surface area contributed by atoms with Gasteiger partial charge in [0.05, 0.1) is 13.5 Å². The van der Waals surface area contributed by atoms with Gasteiger partial charge in [-0.25, -0.2) is 0 Å². The Balaban J connectivity index is 2.07. The summed E-state index contributed by atoms with van der Waals surface area (Å²) < 4.78 is 6.48. The van der Waals surface area contributed by atoms with Crippen LogP contribution in [0.15, 0.2) is 12.4 Å². The highest BCUT2D eigenvalue weighted by molar-refractivity contribution is 5.98. The maximum atomic E-state index is 11.6. The molecule has 0 bridgehead atoms. The van der Waals surface area contributed by atoms with Crippen LogP contribution in [0.5, 0.6) is 0 Å². The van der Waals surface area contributed by atoms with Gasteiger partial charge in [-0.3, -0.25) is 9.59 Å². The molecule has 0 unspecified atom stereocenters. The van der Waals surface area contributed by atoms with Crippen LogP contribution in [0.4, 0.5) is 0 Å². The number of carbonyl (C=O) groups excluding carboxylic acids is 2. The van der Waals surface area contributed by atoms with Crippen molar-refractivity contribution in [1.82, 2.24) is 4.57 Å². The normalized spacial score (nSPS) is 14.7. The third-order valence-electron chi connectivity index (χ3n) is 2.91. The molecule has 0 spiro atoms. The smallest absolute Gasteiger partial charge is 0.307 e. The van der Waals surface area contributed by atoms with E-state index in [1.165, 1.54) is 7.11 Å². The maximum Gasteiger partial charge on any atom is 0.307 e. The molecule has 0 radical (unpaired) electrons. The maximum absolute atomic E-state index is 11.6. The van der Waals surface area contributed by atoms with Gasteiger partial charge in [0.2, 0.25) is 0 Å². The highest BCUT2D eigenvalue weighted by atomic mass is 16.5. The van der Waals surface area contributed by atoms with E-state index in [4.69, 9.17) is 0 Å². The number of aryl methyl sites for hydroxylation is 2. The lowest BCUT2D eigenvalue weighted by Crippen LogP contribution is -2.07. The number of Topliss-reactive ketones (excluding diaryl/α,β-unsaturated/α-hetero) is 1. The Morgan fingerprint density at radius 2 is 2.25 bits per heavy atom. The molecular formula is C12H15NO3. The summed E-state index contributed by atoms with van der Waals surface area (Å²) in [6, 6.07) is 0. The van der Waals surface area contributed by atoms with Crippen molar-refractivity contribution in [2.45, 2.75) is 32.2 Å². The van der Waals surface area contributed by atoms with E-state index in [9.17, 15) is 9.59 Å².